The molecule has 1 unspecified atom stereocenters. The summed E-state index contributed by atoms with van der Waals surface area (Å²) < 4.78 is 0. The first kappa shape index (κ1) is 15.7. The van der Waals surface area contributed by atoms with Gasteiger partial charge in [-0.25, -0.2) is 0 Å². The molecule has 1 aromatic rings. The number of carboxylic acids is 1. The van der Waals surface area contributed by atoms with E-state index in [0.717, 1.165) is 0 Å². The van der Waals surface area contributed by atoms with Crippen LogP contribution >= 0.6 is 0 Å². The van der Waals surface area contributed by atoms with E-state index in [2.05, 4.69) is 12.1 Å². The number of benzene rings is 1. The summed E-state index contributed by atoms with van der Waals surface area (Å²) in [5.41, 5.74) is 3.56. The number of aliphatic hydroxyl groups is 1. The van der Waals surface area contributed by atoms with Crippen LogP contribution in [0.15, 0.2) is 18.2 Å². The molecule has 0 amide bonds. The third-order valence-corrected chi connectivity index (χ3v) is 3.44. The molecular formula is C15H23NO3. The van der Waals surface area contributed by atoms with E-state index in [4.69, 9.17) is 10.2 Å². The Balaban J connectivity index is 2.83. The molecule has 0 fully saturated rings. The van der Waals surface area contributed by atoms with Gasteiger partial charge in [0.15, 0.2) is 0 Å². The summed E-state index contributed by atoms with van der Waals surface area (Å²) in [6.07, 6.45) is 0.777. The van der Waals surface area contributed by atoms with Crippen molar-refractivity contribution in [3.05, 3.63) is 34.9 Å². The molecule has 4 nitrogen and oxygen atoms in total. The molecule has 0 radical (unpaired) electrons. The average molecular weight is 265 g/mol. The number of aliphatic carboxylic acids is 1. The molecule has 1 atom stereocenters. The minimum absolute atomic E-state index is 0.0412. The van der Waals surface area contributed by atoms with E-state index in [1.54, 1.807) is 0 Å². The van der Waals surface area contributed by atoms with Gasteiger partial charge in [0.25, 0.3) is 0 Å². The summed E-state index contributed by atoms with van der Waals surface area (Å²) in [5, 5.41) is 18.0. The minimum Gasteiger partial charge on any atom is -0.481 e. The van der Waals surface area contributed by atoms with Crippen molar-refractivity contribution in [2.75, 3.05) is 20.2 Å². The third kappa shape index (κ3) is 5.01. The van der Waals surface area contributed by atoms with E-state index in [1.165, 1.54) is 16.7 Å². The fourth-order valence-electron chi connectivity index (χ4n) is 2.25. The number of hydrogen-bond acceptors (Lipinski definition) is 3. The third-order valence-electron chi connectivity index (χ3n) is 3.44. The summed E-state index contributed by atoms with van der Waals surface area (Å²) in [6.45, 7) is 4.62. The highest BCUT2D eigenvalue weighted by molar-refractivity contribution is 5.67. The number of rotatable bonds is 7. The van der Waals surface area contributed by atoms with E-state index >= 15 is 0 Å². The molecule has 1 rings (SSSR count). The normalized spacial score (nSPS) is 12.7. The molecule has 0 heterocycles. The van der Waals surface area contributed by atoms with Gasteiger partial charge in [0.05, 0.1) is 13.0 Å². The second kappa shape index (κ2) is 7.26. The van der Waals surface area contributed by atoms with Crippen LogP contribution in [0.25, 0.3) is 0 Å². The standard InChI is InChI=1S/C15H23NO3/c1-11-4-5-13(12(2)8-11)9-14(10-15(18)19)16(3)6-7-17/h4-5,8,14,17H,6-7,9-10H2,1-3H3,(H,18,19). The highest BCUT2D eigenvalue weighted by atomic mass is 16.4. The minimum atomic E-state index is -0.806. The lowest BCUT2D eigenvalue weighted by Crippen LogP contribution is -2.37. The second-order valence-corrected chi connectivity index (χ2v) is 5.09. The van der Waals surface area contributed by atoms with Crippen molar-refractivity contribution in [2.24, 2.45) is 0 Å². The maximum absolute atomic E-state index is 11.0. The largest absolute Gasteiger partial charge is 0.481 e. The van der Waals surface area contributed by atoms with Gasteiger partial charge >= 0.3 is 5.97 Å². The van der Waals surface area contributed by atoms with Crippen molar-refractivity contribution in [1.29, 1.82) is 0 Å². The number of aryl methyl sites for hydroxylation is 2. The zero-order valence-electron chi connectivity index (χ0n) is 11.9. The molecule has 4 heteroatoms. The molecule has 0 aliphatic carbocycles. The molecule has 2 N–H and O–H groups in total. The van der Waals surface area contributed by atoms with Crippen molar-refractivity contribution in [3.8, 4) is 0 Å². The van der Waals surface area contributed by atoms with Gasteiger partial charge in [0.2, 0.25) is 0 Å². The van der Waals surface area contributed by atoms with Crippen molar-refractivity contribution in [2.45, 2.75) is 32.7 Å². The number of carboxylic acid groups (broad SMARTS) is 1. The first-order valence-electron chi connectivity index (χ1n) is 6.53. The Morgan fingerprint density at radius 3 is 2.58 bits per heavy atom. The molecule has 106 valence electrons. The summed E-state index contributed by atoms with van der Waals surface area (Å²) in [5.74, 6) is -0.806. The number of nitrogens with zero attached hydrogens (tertiary/aromatic N) is 1. The van der Waals surface area contributed by atoms with E-state index in [1.807, 2.05) is 31.9 Å². The molecule has 19 heavy (non-hydrogen) atoms. The predicted octanol–water partition coefficient (Wildman–Crippen LogP) is 1.61. The number of aliphatic hydroxyl groups excluding tert-OH is 1. The van der Waals surface area contributed by atoms with E-state index in [0.29, 0.717) is 13.0 Å². The maximum Gasteiger partial charge on any atom is 0.304 e. The Labute approximate surface area is 114 Å². The fraction of sp³-hybridized carbons (Fsp3) is 0.533. The topological polar surface area (TPSA) is 60.8 Å². The molecule has 1 aromatic carbocycles. The van der Waals surface area contributed by atoms with Crippen LogP contribution in [-0.2, 0) is 11.2 Å². The van der Waals surface area contributed by atoms with Crippen LogP contribution < -0.4 is 0 Å². The highest BCUT2D eigenvalue weighted by Crippen LogP contribution is 2.16. The van der Waals surface area contributed by atoms with Gasteiger partial charge in [-0.2, -0.15) is 0 Å². The molecule has 0 saturated carbocycles. The lowest BCUT2D eigenvalue weighted by molar-refractivity contribution is -0.138. The van der Waals surface area contributed by atoms with Gasteiger partial charge in [-0.05, 0) is 38.4 Å². The quantitative estimate of drug-likeness (QED) is 0.786. The van der Waals surface area contributed by atoms with Crippen LogP contribution in [0.5, 0.6) is 0 Å². The van der Waals surface area contributed by atoms with Crippen LogP contribution in [0.3, 0.4) is 0 Å². The first-order chi connectivity index (χ1) is 8.93. The monoisotopic (exact) mass is 265 g/mol. The second-order valence-electron chi connectivity index (χ2n) is 5.09. The van der Waals surface area contributed by atoms with Crippen molar-refractivity contribution < 1.29 is 15.0 Å². The first-order valence-corrected chi connectivity index (χ1v) is 6.53. The van der Waals surface area contributed by atoms with Gasteiger partial charge in [0, 0.05) is 12.6 Å². The molecular weight excluding hydrogens is 242 g/mol. The number of hydrogen-bond donors (Lipinski definition) is 2. The molecule has 0 aliphatic rings. The Morgan fingerprint density at radius 1 is 1.37 bits per heavy atom. The highest BCUT2D eigenvalue weighted by Gasteiger charge is 2.19. The van der Waals surface area contributed by atoms with Gasteiger partial charge in [-0.1, -0.05) is 23.8 Å². The molecule has 0 spiro atoms. The summed E-state index contributed by atoms with van der Waals surface area (Å²) in [6, 6.07) is 6.13. The van der Waals surface area contributed by atoms with Crippen LogP contribution in [0.1, 0.15) is 23.1 Å². The SMILES string of the molecule is Cc1ccc(CC(CC(=O)O)N(C)CCO)c(C)c1. The lowest BCUT2D eigenvalue weighted by atomic mass is 9.97. The molecule has 0 aromatic heterocycles. The summed E-state index contributed by atoms with van der Waals surface area (Å²) in [7, 11) is 1.85. The Bertz CT molecular complexity index is 431. The summed E-state index contributed by atoms with van der Waals surface area (Å²) >= 11 is 0. The predicted molar refractivity (Wildman–Crippen MR) is 75.4 cm³/mol. The zero-order valence-corrected chi connectivity index (χ0v) is 11.9. The maximum atomic E-state index is 11.0. The van der Waals surface area contributed by atoms with Crippen LogP contribution in [0.2, 0.25) is 0 Å². The zero-order chi connectivity index (χ0) is 14.4. The van der Waals surface area contributed by atoms with Crippen molar-refractivity contribution in [1.82, 2.24) is 4.90 Å². The van der Waals surface area contributed by atoms with Gasteiger partial charge in [0.1, 0.15) is 0 Å². The van der Waals surface area contributed by atoms with Crippen molar-refractivity contribution in [3.63, 3.8) is 0 Å². The Hall–Kier alpha value is -1.39. The van der Waals surface area contributed by atoms with Gasteiger partial charge < -0.3 is 15.1 Å². The van der Waals surface area contributed by atoms with Gasteiger partial charge in [-0.3, -0.25) is 4.79 Å². The van der Waals surface area contributed by atoms with Crippen LogP contribution in [0.4, 0.5) is 0 Å². The van der Waals surface area contributed by atoms with Gasteiger partial charge in [-0.15, -0.1) is 0 Å². The molecule has 0 saturated heterocycles. The smallest absolute Gasteiger partial charge is 0.304 e. The van der Waals surface area contributed by atoms with Crippen LogP contribution in [0, 0.1) is 13.8 Å². The Kier molecular flexibility index (Phi) is 5.99. The van der Waals surface area contributed by atoms with Crippen LogP contribution in [-0.4, -0.2) is 47.3 Å². The molecule has 0 aliphatic heterocycles. The lowest BCUT2D eigenvalue weighted by Gasteiger charge is -2.27. The van der Waals surface area contributed by atoms with E-state index in [9.17, 15) is 4.79 Å². The average Bonchev–Trinajstić information content (AvgIpc) is 2.31. The van der Waals surface area contributed by atoms with E-state index < -0.39 is 5.97 Å². The summed E-state index contributed by atoms with van der Waals surface area (Å²) in [4.78, 5) is 12.9. The Morgan fingerprint density at radius 2 is 2.05 bits per heavy atom. The fourth-order valence-corrected chi connectivity index (χ4v) is 2.25. The molecule has 0 bridgehead atoms. The van der Waals surface area contributed by atoms with E-state index in [-0.39, 0.29) is 19.1 Å². The number of carbonyl (C=O) groups is 1. The van der Waals surface area contributed by atoms with Crippen molar-refractivity contribution >= 4 is 5.97 Å². The number of likely N-dealkylation sites (N-methyl/N-ethyl adjacent to an activating group) is 1.